The zero-order valence-electron chi connectivity index (χ0n) is 10.9. The maximum Gasteiger partial charge on any atom is 0.412 e. The van der Waals surface area contributed by atoms with Crippen LogP contribution >= 0.6 is 7.60 Å². The number of halogens is 6. The fourth-order valence-electron chi connectivity index (χ4n) is 1.32. The molecule has 0 saturated carbocycles. The van der Waals surface area contributed by atoms with Gasteiger partial charge in [0.05, 0.1) is 6.16 Å². The minimum Gasteiger partial charge on any atom is -0.399 e. The lowest BCUT2D eigenvalue weighted by atomic mass is 10.2. The van der Waals surface area contributed by atoms with Crippen LogP contribution in [-0.2, 0) is 19.8 Å². The summed E-state index contributed by atoms with van der Waals surface area (Å²) >= 11 is 0. The third-order valence-corrected chi connectivity index (χ3v) is 4.00. The topological polar surface area (TPSA) is 61.6 Å². The predicted molar refractivity (Wildman–Crippen MR) is 66.2 cm³/mol. The minimum atomic E-state index is -4.85. The molecule has 1 aromatic carbocycles. The molecule has 4 nitrogen and oxygen atoms in total. The fraction of sp³-hybridized carbons (Fsp3) is 0.455. The van der Waals surface area contributed by atoms with Gasteiger partial charge in [0.25, 0.3) is 0 Å². The highest BCUT2D eigenvalue weighted by Gasteiger charge is 2.38. The standard InChI is InChI=1S/C11H12F6NO3P/c12-10(13,14)6-20-22(19,21-7-11(15,16)17)5-8-1-3-9(18)4-2-8/h1-4H,5-7,18H2. The van der Waals surface area contributed by atoms with E-state index in [0.717, 1.165) is 0 Å². The van der Waals surface area contributed by atoms with Crippen LogP contribution in [0.3, 0.4) is 0 Å². The lowest BCUT2D eigenvalue weighted by molar-refractivity contribution is -0.165. The molecule has 2 N–H and O–H groups in total. The Morgan fingerprint density at radius 2 is 1.32 bits per heavy atom. The van der Waals surface area contributed by atoms with Crippen molar-refractivity contribution in [3.8, 4) is 0 Å². The number of nitrogen functional groups attached to an aromatic ring is 1. The van der Waals surface area contributed by atoms with Crippen LogP contribution in [0.25, 0.3) is 0 Å². The Morgan fingerprint density at radius 1 is 0.909 bits per heavy atom. The van der Waals surface area contributed by atoms with Crippen molar-refractivity contribution in [3.63, 3.8) is 0 Å². The Kier molecular flexibility index (Phi) is 5.89. The second-order valence-corrected chi connectivity index (χ2v) is 6.34. The molecule has 0 atom stereocenters. The average molecular weight is 351 g/mol. The molecule has 0 spiro atoms. The molecule has 0 aliphatic carbocycles. The molecule has 1 aromatic rings. The summed E-state index contributed by atoms with van der Waals surface area (Å²) in [6.07, 6.45) is -10.4. The lowest BCUT2D eigenvalue weighted by Crippen LogP contribution is -2.20. The van der Waals surface area contributed by atoms with Gasteiger partial charge in [-0.05, 0) is 17.7 Å². The number of hydrogen-bond donors (Lipinski definition) is 1. The normalized spacial score (nSPS) is 13.4. The van der Waals surface area contributed by atoms with E-state index in [2.05, 4.69) is 9.05 Å². The summed E-state index contributed by atoms with van der Waals surface area (Å²) in [7, 11) is -4.63. The Labute approximate surface area is 121 Å². The van der Waals surface area contributed by atoms with Crippen molar-refractivity contribution < 1.29 is 40.0 Å². The summed E-state index contributed by atoms with van der Waals surface area (Å²) in [6.45, 7) is -3.95. The van der Waals surface area contributed by atoms with Crippen molar-refractivity contribution in [2.45, 2.75) is 18.5 Å². The number of rotatable bonds is 6. The third kappa shape index (κ3) is 7.67. The monoisotopic (exact) mass is 351 g/mol. The van der Waals surface area contributed by atoms with Gasteiger partial charge in [0.1, 0.15) is 0 Å². The third-order valence-electron chi connectivity index (χ3n) is 2.21. The lowest BCUT2D eigenvalue weighted by Gasteiger charge is -2.20. The van der Waals surface area contributed by atoms with Gasteiger partial charge in [0.2, 0.25) is 0 Å². The van der Waals surface area contributed by atoms with Crippen LogP contribution in [0.4, 0.5) is 32.0 Å². The van der Waals surface area contributed by atoms with Gasteiger partial charge in [-0.25, -0.2) is 0 Å². The Morgan fingerprint density at radius 3 is 1.68 bits per heavy atom. The van der Waals surface area contributed by atoms with Crippen LogP contribution in [0.5, 0.6) is 0 Å². The van der Waals surface area contributed by atoms with Crippen molar-refractivity contribution in [1.82, 2.24) is 0 Å². The van der Waals surface area contributed by atoms with Crippen molar-refractivity contribution in [2.75, 3.05) is 18.9 Å². The summed E-state index contributed by atoms with van der Waals surface area (Å²) < 4.78 is 93.0. The van der Waals surface area contributed by atoms with Gasteiger partial charge in [-0.15, -0.1) is 0 Å². The molecule has 0 bridgehead atoms. The summed E-state index contributed by atoms with van der Waals surface area (Å²) in [5.74, 6) is 0. The molecule has 11 heteroatoms. The molecule has 0 aliphatic rings. The Hall–Kier alpha value is -1.25. The molecular formula is C11H12F6NO3P. The van der Waals surface area contributed by atoms with Crippen LogP contribution in [0.2, 0.25) is 0 Å². The molecule has 126 valence electrons. The van der Waals surface area contributed by atoms with E-state index in [-0.39, 0.29) is 5.56 Å². The fourth-order valence-corrected chi connectivity index (χ4v) is 2.92. The number of anilines is 1. The minimum absolute atomic E-state index is 0.168. The summed E-state index contributed by atoms with van der Waals surface area (Å²) in [5.41, 5.74) is 5.89. The average Bonchev–Trinajstić information content (AvgIpc) is 2.36. The quantitative estimate of drug-likeness (QED) is 0.476. The van der Waals surface area contributed by atoms with Crippen molar-refractivity contribution in [2.24, 2.45) is 0 Å². The summed E-state index contributed by atoms with van der Waals surface area (Å²) in [4.78, 5) is 0. The second kappa shape index (κ2) is 6.89. The van der Waals surface area contributed by atoms with Crippen LogP contribution in [0.1, 0.15) is 5.56 Å². The van der Waals surface area contributed by atoms with Crippen molar-refractivity contribution in [3.05, 3.63) is 29.8 Å². The van der Waals surface area contributed by atoms with Crippen LogP contribution in [0.15, 0.2) is 24.3 Å². The smallest absolute Gasteiger partial charge is 0.399 e. The molecule has 22 heavy (non-hydrogen) atoms. The van der Waals surface area contributed by atoms with Gasteiger partial charge in [-0.1, -0.05) is 12.1 Å². The summed E-state index contributed by atoms with van der Waals surface area (Å²) in [6, 6.07) is 5.31. The summed E-state index contributed by atoms with van der Waals surface area (Å²) in [5, 5.41) is 0. The van der Waals surface area contributed by atoms with E-state index < -0.39 is 39.3 Å². The highest BCUT2D eigenvalue weighted by Crippen LogP contribution is 2.53. The molecule has 0 unspecified atom stereocenters. The van der Waals surface area contributed by atoms with E-state index in [1.165, 1.54) is 24.3 Å². The van der Waals surface area contributed by atoms with Crippen LogP contribution in [-0.4, -0.2) is 25.6 Å². The SMILES string of the molecule is Nc1ccc(CP(=O)(OCC(F)(F)F)OCC(F)(F)F)cc1. The molecule has 0 radical (unpaired) electrons. The van der Waals surface area contributed by atoms with E-state index in [1.807, 2.05) is 0 Å². The Bertz CT molecular complexity index is 506. The van der Waals surface area contributed by atoms with Crippen LogP contribution in [0, 0.1) is 0 Å². The molecule has 0 fully saturated rings. The van der Waals surface area contributed by atoms with Crippen molar-refractivity contribution >= 4 is 13.3 Å². The van der Waals surface area contributed by atoms with E-state index in [0.29, 0.717) is 5.69 Å². The second-order valence-electron chi connectivity index (χ2n) is 4.29. The van der Waals surface area contributed by atoms with E-state index >= 15 is 0 Å². The first kappa shape index (κ1) is 18.8. The largest absolute Gasteiger partial charge is 0.412 e. The Balaban J connectivity index is 2.84. The number of nitrogens with two attached hydrogens (primary N) is 1. The zero-order chi connectivity index (χ0) is 17.0. The van der Waals surface area contributed by atoms with Gasteiger partial charge in [-0.2, -0.15) is 26.3 Å². The molecule has 0 aliphatic heterocycles. The highest BCUT2D eigenvalue weighted by molar-refractivity contribution is 7.53. The molecule has 1 rings (SSSR count). The van der Waals surface area contributed by atoms with E-state index in [1.54, 1.807) is 0 Å². The first-order valence-electron chi connectivity index (χ1n) is 5.75. The first-order chi connectivity index (χ1) is 9.89. The maximum absolute atomic E-state index is 12.1. The van der Waals surface area contributed by atoms with Gasteiger partial charge in [-0.3, -0.25) is 13.6 Å². The zero-order valence-corrected chi connectivity index (χ0v) is 11.8. The number of alkyl halides is 6. The van der Waals surface area contributed by atoms with Gasteiger partial charge in [0.15, 0.2) is 13.2 Å². The predicted octanol–water partition coefficient (Wildman–Crippen LogP) is 4.12. The highest BCUT2D eigenvalue weighted by atomic mass is 31.2. The maximum atomic E-state index is 12.1. The van der Waals surface area contributed by atoms with Crippen LogP contribution < -0.4 is 5.73 Å². The molecule has 0 saturated heterocycles. The van der Waals surface area contributed by atoms with E-state index in [4.69, 9.17) is 5.73 Å². The molecule has 0 aromatic heterocycles. The molecular weight excluding hydrogens is 339 g/mol. The first-order valence-corrected chi connectivity index (χ1v) is 7.47. The molecule has 0 amide bonds. The van der Waals surface area contributed by atoms with Crippen molar-refractivity contribution in [1.29, 1.82) is 0 Å². The van der Waals surface area contributed by atoms with Gasteiger partial charge >= 0.3 is 19.9 Å². The van der Waals surface area contributed by atoms with Gasteiger partial charge in [0, 0.05) is 5.69 Å². The number of benzene rings is 1. The number of hydrogen-bond acceptors (Lipinski definition) is 4. The van der Waals surface area contributed by atoms with Gasteiger partial charge < -0.3 is 5.73 Å². The molecule has 0 heterocycles. The van der Waals surface area contributed by atoms with E-state index in [9.17, 15) is 30.9 Å².